The van der Waals surface area contributed by atoms with Crippen molar-refractivity contribution in [1.82, 2.24) is 4.57 Å². The molecular formula is C30H24ClN3O8S. The van der Waals surface area contributed by atoms with Crippen LogP contribution < -0.4 is 14.9 Å². The molecule has 0 saturated carbocycles. The molecule has 5 rings (SSSR count). The van der Waals surface area contributed by atoms with Gasteiger partial charge < -0.3 is 13.9 Å². The van der Waals surface area contributed by atoms with Crippen LogP contribution in [0.2, 0.25) is 5.02 Å². The summed E-state index contributed by atoms with van der Waals surface area (Å²) in [7, 11) is 1.26. The summed E-state index contributed by atoms with van der Waals surface area (Å²) in [5.41, 5.74) is 1.40. The zero-order valence-electron chi connectivity index (χ0n) is 23.4. The van der Waals surface area contributed by atoms with Gasteiger partial charge in [0.2, 0.25) is 0 Å². The number of ether oxygens (including phenoxy) is 2. The minimum atomic E-state index is -1.00. The fourth-order valence-electron chi connectivity index (χ4n) is 4.76. The fraction of sp³-hybridized carbons (Fsp3) is 0.200. The number of nitro benzene ring substituents is 1. The first kappa shape index (κ1) is 29.7. The summed E-state index contributed by atoms with van der Waals surface area (Å²) in [4.78, 5) is 55.1. The van der Waals surface area contributed by atoms with Crippen molar-refractivity contribution >= 4 is 46.6 Å². The summed E-state index contributed by atoms with van der Waals surface area (Å²) < 4.78 is 17.6. The second kappa shape index (κ2) is 11.8. The van der Waals surface area contributed by atoms with Gasteiger partial charge in [0.25, 0.3) is 11.2 Å². The topological polar surface area (TPSA) is 143 Å². The molecule has 0 bridgehead atoms. The first-order chi connectivity index (χ1) is 20.5. The number of hydrogen-bond acceptors (Lipinski definition) is 10. The zero-order valence-corrected chi connectivity index (χ0v) is 24.9. The SMILES string of the molecule is CCOC(=O)C1=C(C)N=c2s/c(=C/c3ccc(-c4ccc(Cl)c(C(=O)OC)c4)o3)c(=O)n2[C@H]1c1ccc(C)c([N+](=O)[O-])c1. The Labute approximate surface area is 253 Å². The fourth-order valence-corrected chi connectivity index (χ4v) is 5.98. The maximum Gasteiger partial charge on any atom is 0.339 e. The Bertz CT molecular complexity index is 2020. The Hall–Kier alpha value is -4.81. The average Bonchev–Trinajstić information content (AvgIpc) is 3.56. The third-order valence-corrected chi connectivity index (χ3v) is 8.13. The largest absolute Gasteiger partial charge is 0.465 e. The van der Waals surface area contributed by atoms with Crippen LogP contribution in [-0.4, -0.2) is 35.1 Å². The average molecular weight is 622 g/mol. The van der Waals surface area contributed by atoms with Crippen LogP contribution in [-0.2, 0) is 14.3 Å². The van der Waals surface area contributed by atoms with E-state index < -0.39 is 28.5 Å². The van der Waals surface area contributed by atoms with Crippen molar-refractivity contribution in [3.8, 4) is 11.3 Å². The smallest absolute Gasteiger partial charge is 0.339 e. The molecule has 0 unspecified atom stereocenters. The molecule has 1 atom stereocenters. The number of nitro groups is 1. The number of rotatable bonds is 7. The number of allylic oxidation sites excluding steroid dienone is 1. The summed E-state index contributed by atoms with van der Waals surface area (Å²) in [6, 6.07) is 11.7. The highest BCUT2D eigenvalue weighted by Gasteiger charge is 2.34. The molecule has 1 aliphatic heterocycles. The molecule has 0 aliphatic carbocycles. The van der Waals surface area contributed by atoms with Crippen LogP contribution in [0.25, 0.3) is 17.4 Å². The Kier molecular flexibility index (Phi) is 8.16. The van der Waals surface area contributed by atoms with Crippen molar-refractivity contribution in [2.24, 2.45) is 4.99 Å². The number of benzene rings is 2. The van der Waals surface area contributed by atoms with Crippen LogP contribution in [0.3, 0.4) is 0 Å². The molecule has 220 valence electrons. The summed E-state index contributed by atoms with van der Waals surface area (Å²) in [6.07, 6.45) is 1.54. The second-order valence-electron chi connectivity index (χ2n) is 9.49. The van der Waals surface area contributed by atoms with E-state index in [1.54, 1.807) is 69.3 Å². The van der Waals surface area contributed by atoms with Gasteiger partial charge in [-0.3, -0.25) is 19.5 Å². The minimum Gasteiger partial charge on any atom is -0.465 e. The zero-order chi connectivity index (χ0) is 31.0. The third kappa shape index (κ3) is 5.54. The minimum absolute atomic E-state index is 0.0936. The summed E-state index contributed by atoms with van der Waals surface area (Å²) >= 11 is 7.22. The molecule has 1 aliphatic rings. The molecule has 2 aromatic carbocycles. The molecule has 0 saturated heterocycles. The van der Waals surface area contributed by atoms with Crippen LogP contribution >= 0.6 is 22.9 Å². The monoisotopic (exact) mass is 621 g/mol. The number of esters is 2. The number of methoxy groups -OCH3 is 1. The van der Waals surface area contributed by atoms with Gasteiger partial charge in [-0.05, 0) is 56.7 Å². The number of thiazole rings is 1. The van der Waals surface area contributed by atoms with E-state index in [0.717, 1.165) is 11.3 Å². The van der Waals surface area contributed by atoms with Gasteiger partial charge in [0.1, 0.15) is 11.5 Å². The highest BCUT2D eigenvalue weighted by molar-refractivity contribution is 7.07. The molecule has 3 heterocycles. The molecule has 0 spiro atoms. The number of aromatic nitrogens is 1. The Morgan fingerprint density at radius 2 is 1.93 bits per heavy atom. The molecule has 43 heavy (non-hydrogen) atoms. The second-order valence-corrected chi connectivity index (χ2v) is 10.9. The number of carbonyl (C=O) groups excluding carboxylic acids is 2. The predicted molar refractivity (Wildman–Crippen MR) is 159 cm³/mol. The van der Waals surface area contributed by atoms with Crippen molar-refractivity contribution in [1.29, 1.82) is 0 Å². The van der Waals surface area contributed by atoms with E-state index in [1.165, 1.54) is 17.7 Å². The number of aryl methyl sites for hydroxylation is 1. The van der Waals surface area contributed by atoms with Gasteiger partial charge in [-0.2, -0.15) is 0 Å². The van der Waals surface area contributed by atoms with Gasteiger partial charge in [-0.15, -0.1) is 0 Å². The van der Waals surface area contributed by atoms with E-state index in [1.807, 2.05) is 0 Å². The van der Waals surface area contributed by atoms with E-state index in [2.05, 4.69) is 4.99 Å². The molecule has 13 heteroatoms. The van der Waals surface area contributed by atoms with Gasteiger partial charge in [0.15, 0.2) is 4.80 Å². The normalized spacial score (nSPS) is 14.7. The molecule has 0 radical (unpaired) electrons. The van der Waals surface area contributed by atoms with Gasteiger partial charge >= 0.3 is 11.9 Å². The van der Waals surface area contributed by atoms with Gasteiger partial charge in [-0.25, -0.2) is 14.6 Å². The van der Waals surface area contributed by atoms with Crippen LogP contribution in [0.4, 0.5) is 5.69 Å². The standard InChI is InChI=1S/C30H24ClN3O8S/c1-5-41-29(37)25-16(3)32-30-33(26(25)18-7-6-15(2)22(13-18)34(38)39)27(35)24(43-30)14-19-9-11-23(42-19)17-8-10-21(31)20(12-17)28(36)40-4/h6-14,26H,5H2,1-4H3/b24-14+/t26-/m0/s1. The number of carbonyl (C=O) groups is 2. The molecule has 0 N–H and O–H groups in total. The first-order valence-electron chi connectivity index (χ1n) is 13.0. The predicted octanol–water partition coefficient (Wildman–Crippen LogP) is 4.71. The molecule has 0 fully saturated rings. The van der Waals surface area contributed by atoms with Crippen LogP contribution in [0.1, 0.15) is 47.1 Å². The summed E-state index contributed by atoms with van der Waals surface area (Å²) in [5, 5.41) is 12.0. The number of fused-ring (bicyclic) bond motifs is 1. The lowest BCUT2D eigenvalue weighted by atomic mass is 9.94. The highest BCUT2D eigenvalue weighted by Crippen LogP contribution is 2.33. The van der Waals surface area contributed by atoms with Crippen molar-refractivity contribution in [3.63, 3.8) is 0 Å². The lowest BCUT2D eigenvalue weighted by Gasteiger charge is -2.24. The molecular weight excluding hydrogens is 598 g/mol. The Morgan fingerprint density at radius 1 is 1.16 bits per heavy atom. The molecule has 0 amide bonds. The van der Waals surface area contributed by atoms with E-state index in [-0.39, 0.29) is 33.0 Å². The van der Waals surface area contributed by atoms with Crippen LogP contribution in [0, 0.1) is 17.0 Å². The highest BCUT2D eigenvalue weighted by atomic mass is 35.5. The van der Waals surface area contributed by atoms with Crippen LogP contribution in [0.5, 0.6) is 0 Å². The maximum absolute atomic E-state index is 13.9. The number of nitrogens with zero attached hydrogens (tertiary/aromatic N) is 3. The number of hydrogen-bond donors (Lipinski definition) is 0. The lowest BCUT2D eigenvalue weighted by molar-refractivity contribution is -0.385. The van der Waals surface area contributed by atoms with Crippen molar-refractivity contribution in [3.05, 3.63) is 117 Å². The van der Waals surface area contributed by atoms with Crippen molar-refractivity contribution in [2.45, 2.75) is 26.8 Å². The van der Waals surface area contributed by atoms with Crippen LogP contribution in [0.15, 0.2) is 74.0 Å². The molecule has 4 aromatic rings. The lowest BCUT2D eigenvalue weighted by Crippen LogP contribution is -2.40. The van der Waals surface area contributed by atoms with E-state index in [4.69, 9.17) is 25.5 Å². The van der Waals surface area contributed by atoms with Crippen molar-refractivity contribution < 1.29 is 28.4 Å². The molecule has 2 aromatic heterocycles. The first-order valence-corrected chi connectivity index (χ1v) is 14.2. The number of halogens is 1. The Balaban J connectivity index is 1.63. The third-order valence-electron chi connectivity index (χ3n) is 6.82. The number of furan rings is 1. The van der Waals surface area contributed by atoms with Gasteiger partial charge in [-0.1, -0.05) is 35.1 Å². The van der Waals surface area contributed by atoms with Gasteiger partial charge in [0, 0.05) is 23.3 Å². The maximum atomic E-state index is 13.9. The summed E-state index contributed by atoms with van der Waals surface area (Å²) in [5.74, 6) is -0.494. The van der Waals surface area contributed by atoms with Crippen molar-refractivity contribution in [2.75, 3.05) is 13.7 Å². The Morgan fingerprint density at radius 3 is 2.63 bits per heavy atom. The van der Waals surface area contributed by atoms with E-state index in [0.29, 0.717) is 38.7 Å². The van der Waals surface area contributed by atoms with E-state index in [9.17, 15) is 24.5 Å². The quantitative estimate of drug-likeness (QED) is 0.164. The van der Waals surface area contributed by atoms with E-state index >= 15 is 0 Å². The van der Waals surface area contributed by atoms with Gasteiger partial charge in [0.05, 0.1) is 51.1 Å². The molecule has 11 nitrogen and oxygen atoms in total. The summed E-state index contributed by atoms with van der Waals surface area (Å²) in [6.45, 7) is 4.99.